The molecule has 0 spiro atoms. The summed E-state index contributed by atoms with van der Waals surface area (Å²) in [5, 5.41) is 21.1. The molecule has 10 nitrogen and oxygen atoms in total. The van der Waals surface area contributed by atoms with E-state index in [9.17, 15) is 18.0 Å². The molecule has 0 amide bonds. The minimum atomic E-state index is -3.85. The van der Waals surface area contributed by atoms with Crippen molar-refractivity contribution < 1.29 is 28.2 Å². The molecule has 0 atom stereocenters. The number of aromatic carboxylic acids is 2. The first kappa shape index (κ1) is 50.7. The number of nitrogens with two attached hydrogens (primary N) is 1. The van der Waals surface area contributed by atoms with Crippen molar-refractivity contribution >= 4 is 31.7 Å². The number of hydrogen-bond donors (Lipinski definition) is 4. The zero-order valence-corrected chi connectivity index (χ0v) is 40.1. The second kappa shape index (κ2) is 24.9. The maximum absolute atomic E-state index is 11.1. The van der Waals surface area contributed by atoms with E-state index in [1.165, 1.54) is 127 Å². The van der Waals surface area contributed by atoms with Crippen molar-refractivity contribution in [1.82, 2.24) is 15.1 Å². The summed E-state index contributed by atoms with van der Waals surface area (Å²) >= 11 is 0. The highest BCUT2D eigenvalue weighted by Crippen LogP contribution is 2.28. The van der Waals surface area contributed by atoms with Crippen LogP contribution in [0.4, 0.5) is 0 Å². The summed E-state index contributed by atoms with van der Waals surface area (Å²) in [4.78, 5) is 26.2. The van der Waals surface area contributed by atoms with Crippen molar-refractivity contribution in [3.05, 3.63) is 185 Å². The molecule has 67 heavy (non-hydrogen) atoms. The quantitative estimate of drug-likeness (QED) is 0.0777. The van der Waals surface area contributed by atoms with E-state index in [1.54, 1.807) is 18.2 Å². The molecule has 6 aromatic carbocycles. The molecule has 12 heteroatoms. The summed E-state index contributed by atoms with van der Waals surface area (Å²) in [5.74, 6) is -0.460. The molecule has 0 bridgehead atoms. The van der Waals surface area contributed by atoms with Crippen LogP contribution in [0.5, 0.6) is 0 Å². The first-order valence-corrected chi connectivity index (χ1v) is 25.3. The van der Waals surface area contributed by atoms with Gasteiger partial charge in [-0.25, -0.2) is 18.0 Å². The summed E-state index contributed by atoms with van der Waals surface area (Å²) < 4.78 is 21.6. The molecule has 2 saturated heterocycles. The van der Waals surface area contributed by atoms with Crippen LogP contribution in [-0.2, 0) is 41.5 Å². The molecular formula is C55H63ClN4O6S. The number of nitrogens with one attached hydrogen (secondary N) is 1. The van der Waals surface area contributed by atoms with Crippen LogP contribution in [0.1, 0.15) is 74.2 Å². The fourth-order valence-corrected chi connectivity index (χ4v) is 9.44. The Morgan fingerprint density at radius 3 is 1.34 bits per heavy atom. The maximum Gasteiger partial charge on any atom is 0.335 e. The zero-order valence-electron chi connectivity index (χ0n) is 38.5. The number of nitrogens with zero attached hydrogens (tertiary/aromatic N) is 2. The van der Waals surface area contributed by atoms with Gasteiger partial charge in [0, 0.05) is 30.3 Å². The molecule has 0 saturated carbocycles. The van der Waals surface area contributed by atoms with E-state index in [4.69, 9.17) is 26.6 Å². The minimum absolute atomic E-state index is 0.110. The first-order valence-electron chi connectivity index (χ1n) is 23.0. The highest BCUT2D eigenvalue weighted by Gasteiger charge is 2.19. The highest BCUT2D eigenvalue weighted by molar-refractivity contribution is 8.13. The van der Waals surface area contributed by atoms with Gasteiger partial charge in [0.05, 0.1) is 16.0 Å². The van der Waals surface area contributed by atoms with Crippen molar-refractivity contribution in [2.24, 2.45) is 17.6 Å². The number of carbonyl (C=O) groups is 2. The van der Waals surface area contributed by atoms with E-state index in [2.05, 4.69) is 126 Å². The normalized spacial score (nSPS) is 14.9. The molecule has 2 aliphatic heterocycles. The van der Waals surface area contributed by atoms with E-state index >= 15 is 0 Å². The van der Waals surface area contributed by atoms with Crippen molar-refractivity contribution in [2.45, 2.75) is 63.1 Å². The maximum atomic E-state index is 11.1. The third kappa shape index (κ3) is 16.3. The number of halogens is 1. The number of hydrogen-bond acceptors (Lipinski definition) is 8. The van der Waals surface area contributed by atoms with E-state index in [0.717, 1.165) is 30.0 Å². The van der Waals surface area contributed by atoms with Gasteiger partial charge in [-0.3, -0.25) is 0 Å². The van der Waals surface area contributed by atoms with Crippen LogP contribution in [-0.4, -0.2) is 80.6 Å². The molecule has 5 N–H and O–H groups in total. The topological polar surface area (TPSA) is 153 Å². The Labute approximate surface area is 400 Å². The summed E-state index contributed by atoms with van der Waals surface area (Å²) in [5.41, 5.74) is 17.3. The average Bonchev–Trinajstić information content (AvgIpc) is 3.33. The van der Waals surface area contributed by atoms with Crippen molar-refractivity contribution in [1.29, 1.82) is 0 Å². The van der Waals surface area contributed by atoms with E-state index in [-0.39, 0.29) is 10.5 Å². The molecule has 0 aromatic heterocycles. The molecular weight excluding hydrogens is 880 g/mol. The molecule has 6 aromatic rings. The van der Waals surface area contributed by atoms with Crippen LogP contribution in [0.2, 0.25) is 0 Å². The standard InChI is InChI=1S/C28H32N2O2.C20H26N2.C7H5ClO4S/c1-30-13-11-21(12-14-30)15-22-5-2-8-25(16-22)26-9-3-6-23(17-26)19-29-20-24-7-4-10-27(18-24)28(31)32;1-22-10-8-16(9-11-22)12-17-4-2-6-19(13-17)20-7-3-5-18(14-20)15-21;8-13(11,12)6-3-1-2-5(4-6)7(9)10/h2-10,16-18,21,29H,11-15,19-20H2,1H3,(H,31,32);2-7,13-14,16H,8-12,15,21H2,1H3;1-4H,(H,9,10). The lowest BCUT2D eigenvalue weighted by molar-refractivity contribution is 0.0686. The molecule has 0 unspecified atom stereocenters. The van der Waals surface area contributed by atoms with Crippen LogP contribution in [0.15, 0.2) is 150 Å². The monoisotopic (exact) mass is 942 g/mol. The fourth-order valence-electron chi connectivity index (χ4n) is 8.64. The SMILES string of the molecule is CN1CCC(Cc2cccc(-c3cccc(CN)c3)c2)CC1.CN1CCC(Cc2cccc(-c3cccc(CNCc4cccc(C(=O)O)c4)c3)c2)CC1.O=C(O)c1cccc(S(=O)(=O)Cl)c1. The van der Waals surface area contributed by atoms with Gasteiger partial charge in [-0.2, -0.15) is 0 Å². The Balaban J connectivity index is 0.000000182. The Morgan fingerprint density at radius 1 is 0.552 bits per heavy atom. The number of likely N-dealkylation sites (tertiary alicyclic amines) is 2. The summed E-state index contributed by atoms with van der Waals surface area (Å²) in [6.07, 6.45) is 7.60. The lowest BCUT2D eigenvalue weighted by Crippen LogP contribution is -2.30. The third-order valence-electron chi connectivity index (χ3n) is 12.5. The van der Waals surface area contributed by atoms with Gasteiger partial charge in [0.2, 0.25) is 0 Å². The smallest absolute Gasteiger partial charge is 0.335 e. The van der Waals surface area contributed by atoms with Gasteiger partial charge in [-0.05, 0) is 183 Å². The number of carboxylic acids is 2. The van der Waals surface area contributed by atoms with E-state index < -0.39 is 21.0 Å². The molecule has 2 fully saturated rings. The van der Waals surface area contributed by atoms with Crippen LogP contribution >= 0.6 is 10.7 Å². The molecule has 0 radical (unpaired) electrons. The summed E-state index contributed by atoms with van der Waals surface area (Å²) in [6.45, 7) is 6.87. The molecule has 2 aliphatic rings. The van der Waals surface area contributed by atoms with Gasteiger partial charge in [-0.1, -0.05) is 103 Å². The number of piperidine rings is 2. The summed E-state index contributed by atoms with van der Waals surface area (Å²) in [7, 11) is 5.60. The van der Waals surface area contributed by atoms with Crippen molar-refractivity contribution in [3.63, 3.8) is 0 Å². The van der Waals surface area contributed by atoms with Crippen LogP contribution in [0.25, 0.3) is 22.3 Å². The number of carboxylic acid groups (broad SMARTS) is 2. The molecule has 352 valence electrons. The van der Waals surface area contributed by atoms with E-state index in [0.29, 0.717) is 18.7 Å². The van der Waals surface area contributed by atoms with Crippen molar-refractivity contribution in [3.8, 4) is 22.3 Å². The lowest BCUT2D eigenvalue weighted by atomic mass is 9.89. The Kier molecular flexibility index (Phi) is 18.9. The fraction of sp³-hybridized carbons (Fsp3) is 0.309. The van der Waals surface area contributed by atoms with Crippen LogP contribution in [0, 0.1) is 11.8 Å². The number of rotatable bonds is 14. The van der Waals surface area contributed by atoms with Gasteiger partial charge in [0.25, 0.3) is 9.05 Å². The van der Waals surface area contributed by atoms with Gasteiger partial charge in [-0.15, -0.1) is 0 Å². The minimum Gasteiger partial charge on any atom is -0.478 e. The van der Waals surface area contributed by atoms with Crippen LogP contribution in [0.3, 0.4) is 0 Å². The molecule has 0 aliphatic carbocycles. The second-order valence-corrected chi connectivity index (χ2v) is 20.4. The third-order valence-corrected chi connectivity index (χ3v) is 13.9. The predicted molar refractivity (Wildman–Crippen MR) is 270 cm³/mol. The van der Waals surface area contributed by atoms with Gasteiger partial charge >= 0.3 is 11.9 Å². The molecule has 8 rings (SSSR count). The largest absolute Gasteiger partial charge is 0.478 e. The van der Waals surface area contributed by atoms with Crippen molar-refractivity contribution in [2.75, 3.05) is 40.3 Å². The Bertz CT molecular complexity index is 2680. The van der Waals surface area contributed by atoms with Gasteiger partial charge in [0.15, 0.2) is 0 Å². The van der Waals surface area contributed by atoms with E-state index in [1.807, 2.05) is 6.07 Å². The lowest BCUT2D eigenvalue weighted by Gasteiger charge is -2.29. The van der Waals surface area contributed by atoms with Gasteiger partial charge in [0.1, 0.15) is 0 Å². The predicted octanol–water partition coefficient (Wildman–Crippen LogP) is 10.2. The first-order chi connectivity index (χ1) is 32.2. The number of benzene rings is 6. The average molecular weight is 944 g/mol. The highest BCUT2D eigenvalue weighted by atomic mass is 35.7. The van der Waals surface area contributed by atoms with Crippen LogP contribution < -0.4 is 11.1 Å². The second-order valence-electron chi connectivity index (χ2n) is 17.8. The Hall–Kier alpha value is -5.66. The Morgan fingerprint density at radius 2 is 0.910 bits per heavy atom. The molecule has 2 heterocycles. The summed E-state index contributed by atoms with van der Waals surface area (Å²) in [6, 6.07) is 47.2. The van der Waals surface area contributed by atoms with Gasteiger partial charge < -0.3 is 31.1 Å². The zero-order chi connectivity index (χ0) is 47.8.